The quantitative estimate of drug-likeness (QED) is 0.826. The van der Waals surface area contributed by atoms with Gasteiger partial charge in [-0.15, -0.1) is 5.92 Å². The van der Waals surface area contributed by atoms with E-state index < -0.39 is 0 Å². The summed E-state index contributed by atoms with van der Waals surface area (Å²) < 4.78 is 0. The topological polar surface area (TPSA) is 44.9 Å². The molecule has 0 fully saturated rings. The summed E-state index contributed by atoms with van der Waals surface area (Å²) in [5.74, 6) is 5.54. The lowest BCUT2D eigenvalue weighted by atomic mass is 10.1. The van der Waals surface area contributed by atoms with Crippen molar-refractivity contribution >= 4 is 16.8 Å². The number of carbonyl (C=O) groups is 1. The Morgan fingerprint density at radius 2 is 1.86 bits per heavy atom. The first-order valence-electron chi connectivity index (χ1n) is 7.52. The van der Waals surface area contributed by atoms with Gasteiger partial charge < -0.3 is 10.3 Å². The van der Waals surface area contributed by atoms with Crippen molar-refractivity contribution in [3.8, 4) is 11.8 Å². The highest BCUT2D eigenvalue weighted by Crippen LogP contribution is 2.17. The molecular weight excluding hydrogens is 260 g/mol. The van der Waals surface area contributed by atoms with Crippen LogP contribution in [-0.4, -0.2) is 17.4 Å². The van der Waals surface area contributed by atoms with Crippen molar-refractivity contribution in [2.45, 2.75) is 41.0 Å². The van der Waals surface area contributed by atoms with Crippen LogP contribution in [0.5, 0.6) is 0 Å². The molecule has 0 aliphatic heterocycles. The summed E-state index contributed by atoms with van der Waals surface area (Å²) in [4.78, 5) is 14.8. The molecule has 1 aromatic heterocycles. The molecule has 1 amide bonds. The number of rotatable bonds is 3. The normalized spacial score (nSPS) is 8.43. The zero-order valence-electron chi connectivity index (χ0n) is 13.7. The number of benzene rings is 1. The maximum atomic E-state index is 11.6. The summed E-state index contributed by atoms with van der Waals surface area (Å²) in [6.45, 7) is 10.2. The maximum Gasteiger partial charge on any atom is 0.225 e. The Morgan fingerprint density at radius 3 is 2.52 bits per heavy atom. The highest BCUT2D eigenvalue weighted by Gasteiger charge is 2.07. The van der Waals surface area contributed by atoms with E-state index in [1.807, 2.05) is 58.2 Å². The van der Waals surface area contributed by atoms with Gasteiger partial charge in [-0.05, 0) is 18.6 Å². The fraction of sp³-hybridized carbons (Fsp3) is 0.389. The predicted molar refractivity (Wildman–Crippen MR) is 91.2 cm³/mol. The number of carbonyl (C=O) groups excluding carboxylic acids is 1. The molecule has 0 aliphatic carbocycles. The third-order valence-electron chi connectivity index (χ3n) is 2.58. The van der Waals surface area contributed by atoms with Crippen LogP contribution in [0.3, 0.4) is 0 Å². The van der Waals surface area contributed by atoms with E-state index in [4.69, 9.17) is 0 Å². The van der Waals surface area contributed by atoms with Crippen LogP contribution in [0.25, 0.3) is 10.9 Å². The third kappa shape index (κ3) is 6.18. The van der Waals surface area contributed by atoms with Crippen LogP contribution in [0.1, 0.15) is 40.2 Å². The lowest BCUT2D eigenvalue weighted by Crippen LogP contribution is -2.25. The van der Waals surface area contributed by atoms with Gasteiger partial charge in [-0.1, -0.05) is 51.8 Å². The van der Waals surface area contributed by atoms with Gasteiger partial charge >= 0.3 is 0 Å². The van der Waals surface area contributed by atoms with E-state index in [2.05, 4.69) is 22.1 Å². The predicted octanol–water partition coefficient (Wildman–Crippen LogP) is 3.90. The first-order chi connectivity index (χ1) is 10.3. The second-order valence-electron chi connectivity index (χ2n) is 3.74. The lowest BCUT2D eigenvalue weighted by Gasteiger charge is -2.00. The maximum absolute atomic E-state index is 11.6. The Labute approximate surface area is 128 Å². The summed E-state index contributed by atoms with van der Waals surface area (Å²) in [6, 6.07) is 7.96. The van der Waals surface area contributed by atoms with Gasteiger partial charge in [0.25, 0.3) is 0 Å². The largest absolute Gasteiger partial charge is 0.361 e. The van der Waals surface area contributed by atoms with Crippen molar-refractivity contribution in [3.63, 3.8) is 0 Å². The van der Waals surface area contributed by atoms with Crippen molar-refractivity contribution < 1.29 is 4.79 Å². The Bertz CT molecular complexity index is 588. The van der Waals surface area contributed by atoms with Crippen LogP contribution in [-0.2, 0) is 11.2 Å². The number of para-hydroxylation sites is 1. The molecule has 114 valence electrons. The molecule has 3 heteroatoms. The summed E-state index contributed by atoms with van der Waals surface area (Å²) in [5, 5.41) is 3.86. The third-order valence-corrected chi connectivity index (χ3v) is 2.58. The number of aromatic nitrogens is 1. The fourth-order valence-corrected chi connectivity index (χ4v) is 1.74. The highest BCUT2D eigenvalue weighted by atomic mass is 16.1. The Kier molecular flexibility index (Phi) is 10.4. The lowest BCUT2D eigenvalue weighted by molar-refractivity contribution is -0.120. The Morgan fingerprint density at radius 1 is 1.19 bits per heavy atom. The van der Waals surface area contributed by atoms with Crippen LogP contribution < -0.4 is 5.32 Å². The van der Waals surface area contributed by atoms with Gasteiger partial charge in [0.1, 0.15) is 0 Å². The SMILES string of the molecule is CC.CC.CC#CCNC(=O)Cc1c[nH]c2ccccc12. The summed E-state index contributed by atoms with van der Waals surface area (Å²) in [5.41, 5.74) is 2.08. The van der Waals surface area contributed by atoms with E-state index in [0.29, 0.717) is 13.0 Å². The number of nitrogens with one attached hydrogen (secondary N) is 2. The summed E-state index contributed by atoms with van der Waals surface area (Å²) in [6.07, 6.45) is 2.27. The molecule has 2 aromatic rings. The molecule has 0 aliphatic rings. The Hall–Kier alpha value is -2.21. The van der Waals surface area contributed by atoms with Crippen molar-refractivity contribution in [2.75, 3.05) is 6.54 Å². The minimum Gasteiger partial charge on any atom is -0.361 e. The Balaban J connectivity index is 0.000000921. The second kappa shape index (κ2) is 11.6. The van der Waals surface area contributed by atoms with Gasteiger partial charge in [-0.3, -0.25) is 4.79 Å². The number of fused-ring (bicyclic) bond motifs is 1. The van der Waals surface area contributed by atoms with Crippen molar-refractivity contribution in [3.05, 3.63) is 36.0 Å². The number of H-pyrrole nitrogens is 1. The van der Waals surface area contributed by atoms with Gasteiger partial charge in [0, 0.05) is 17.1 Å². The molecule has 0 atom stereocenters. The van der Waals surface area contributed by atoms with E-state index in [1.165, 1.54) is 0 Å². The molecule has 2 rings (SSSR count). The molecule has 21 heavy (non-hydrogen) atoms. The molecular formula is C18H26N2O. The highest BCUT2D eigenvalue weighted by molar-refractivity contribution is 5.88. The first kappa shape index (κ1) is 18.8. The van der Waals surface area contributed by atoms with Gasteiger partial charge in [0.2, 0.25) is 5.91 Å². The van der Waals surface area contributed by atoms with E-state index >= 15 is 0 Å². The van der Waals surface area contributed by atoms with Crippen molar-refractivity contribution in [2.24, 2.45) is 0 Å². The van der Waals surface area contributed by atoms with E-state index in [0.717, 1.165) is 16.5 Å². The zero-order chi connectivity index (χ0) is 16.1. The van der Waals surface area contributed by atoms with Crippen LogP contribution in [0.4, 0.5) is 0 Å². The number of hydrogen-bond donors (Lipinski definition) is 2. The second-order valence-corrected chi connectivity index (χ2v) is 3.74. The zero-order valence-corrected chi connectivity index (χ0v) is 13.7. The molecule has 2 N–H and O–H groups in total. The molecule has 0 spiro atoms. The van der Waals surface area contributed by atoms with Gasteiger partial charge in [0.05, 0.1) is 13.0 Å². The number of aromatic amines is 1. The van der Waals surface area contributed by atoms with E-state index in [9.17, 15) is 4.79 Å². The molecule has 0 saturated heterocycles. The van der Waals surface area contributed by atoms with Crippen molar-refractivity contribution in [1.29, 1.82) is 0 Å². The van der Waals surface area contributed by atoms with Crippen molar-refractivity contribution in [1.82, 2.24) is 10.3 Å². The smallest absolute Gasteiger partial charge is 0.225 e. The molecule has 0 bridgehead atoms. The van der Waals surface area contributed by atoms with Gasteiger partial charge in [-0.25, -0.2) is 0 Å². The first-order valence-corrected chi connectivity index (χ1v) is 7.52. The van der Waals surface area contributed by atoms with Gasteiger partial charge in [-0.2, -0.15) is 0 Å². The van der Waals surface area contributed by atoms with E-state index in [-0.39, 0.29) is 5.91 Å². The van der Waals surface area contributed by atoms with E-state index in [1.54, 1.807) is 6.92 Å². The summed E-state index contributed by atoms with van der Waals surface area (Å²) >= 11 is 0. The molecule has 0 unspecified atom stereocenters. The molecule has 3 nitrogen and oxygen atoms in total. The standard InChI is InChI=1S/C14H14N2O.2C2H6/c1-2-3-8-15-14(17)9-11-10-16-13-7-5-4-6-12(11)13;2*1-2/h4-7,10,16H,8-9H2,1H3,(H,15,17);2*1-2H3. The molecule has 1 heterocycles. The summed E-state index contributed by atoms with van der Waals surface area (Å²) in [7, 11) is 0. The monoisotopic (exact) mass is 286 g/mol. The minimum atomic E-state index is -0.00231. The van der Waals surface area contributed by atoms with Crippen LogP contribution >= 0.6 is 0 Å². The van der Waals surface area contributed by atoms with Gasteiger partial charge in [0.15, 0.2) is 0 Å². The number of amides is 1. The van der Waals surface area contributed by atoms with Crippen LogP contribution in [0.2, 0.25) is 0 Å². The average molecular weight is 286 g/mol. The molecule has 0 radical (unpaired) electrons. The molecule has 0 saturated carbocycles. The minimum absolute atomic E-state index is 0.00231. The van der Waals surface area contributed by atoms with Crippen LogP contribution in [0.15, 0.2) is 30.5 Å². The van der Waals surface area contributed by atoms with Crippen LogP contribution in [0, 0.1) is 11.8 Å². The number of hydrogen-bond acceptors (Lipinski definition) is 1. The molecule has 1 aromatic carbocycles. The fourth-order valence-electron chi connectivity index (χ4n) is 1.74. The average Bonchev–Trinajstić information content (AvgIpc) is 2.95.